The molecule has 1 aromatic rings. The van der Waals surface area contributed by atoms with Crippen LogP contribution in [0.25, 0.3) is 0 Å². The maximum absolute atomic E-state index is 11.8. The highest BCUT2D eigenvalue weighted by Crippen LogP contribution is 2.22. The van der Waals surface area contributed by atoms with E-state index in [4.69, 9.17) is 27.9 Å². The van der Waals surface area contributed by atoms with Gasteiger partial charge in [-0.3, -0.25) is 4.79 Å². The predicted octanol–water partition coefficient (Wildman–Crippen LogP) is 2.51. The Morgan fingerprint density at radius 3 is 2.37 bits per heavy atom. The van der Waals surface area contributed by atoms with Crippen molar-refractivity contribution in [2.24, 2.45) is 0 Å². The molecule has 0 fully saturated rings. The molecule has 7 heteroatoms. The summed E-state index contributed by atoms with van der Waals surface area (Å²) in [5, 5.41) is 3.34. The summed E-state index contributed by atoms with van der Waals surface area (Å²) in [7, 11) is 1.36. The topological polar surface area (TPSA) is 64.6 Å². The molecule has 0 radical (unpaired) electrons. The minimum absolute atomic E-state index is 0.208. The lowest BCUT2D eigenvalue weighted by molar-refractivity contribution is -0.156. The van der Waals surface area contributed by atoms with Crippen molar-refractivity contribution in [1.82, 2.24) is 0 Å². The molecule has 0 saturated carbocycles. The molecule has 1 rings (SSSR count). The van der Waals surface area contributed by atoms with Gasteiger partial charge in [0.05, 0.1) is 0 Å². The van der Waals surface area contributed by atoms with Crippen LogP contribution in [0.1, 0.15) is 6.92 Å². The molecular weight excluding hydrogens is 293 g/mol. The van der Waals surface area contributed by atoms with Crippen molar-refractivity contribution in [3.8, 4) is 0 Å². The third-order valence-corrected chi connectivity index (χ3v) is 2.51. The minimum atomic E-state index is -0.944. The third kappa shape index (κ3) is 5.46. The summed E-state index contributed by atoms with van der Waals surface area (Å²) < 4.78 is 9.44. The van der Waals surface area contributed by atoms with E-state index in [0.29, 0.717) is 15.7 Å². The Balaban J connectivity index is 2.61. The molecule has 0 aliphatic rings. The lowest BCUT2D eigenvalue weighted by Gasteiger charge is -2.13. The summed E-state index contributed by atoms with van der Waals surface area (Å²) in [6.07, 6.45) is -0.944. The van der Waals surface area contributed by atoms with Crippen LogP contribution in [0.15, 0.2) is 18.2 Å². The summed E-state index contributed by atoms with van der Waals surface area (Å²) in [6.45, 7) is 1.25. The van der Waals surface area contributed by atoms with Gasteiger partial charge in [-0.1, -0.05) is 23.2 Å². The Kier molecular flexibility index (Phi) is 6.08. The minimum Gasteiger partial charge on any atom is -0.451 e. The first kappa shape index (κ1) is 15.8. The zero-order chi connectivity index (χ0) is 14.4. The number of esters is 1. The standard InChI is InChI=1S/C12H13Cl2NO4/c1-7(19-11(16)6-18-2)12(17)15-10-4-8(13)3-9(14)5-10/h3-5,7H,6H2,1-2H3,(H,15,17)/t7-/m1/s1. The van der Waals surface area contributed by atoms with Gasteiger partial charge in [0, 0.05) is 22.8 Å². The molecule has 0 saturated heterocycles. The summed E-state index contributed by atoms with van der Waals surface area (Å²) >= 11 is 11.6. The van der Waals surface area contributed by atoms with Crippen LogP contribution in [0.5, 0.6) is 0 Å². The predicted molar refractivity (Wildman–Crippen MR) is 72.5 cm³/mol. The van der Waals surface area contributed by atoms with Crippen LogP contribution in [-0.4, -0.2) is 31.7 Å². The Hall–Kier alpha value is -1.30. The average molecular weight is 306 g/mol. The fourth-order valence-corrected chi connectivity index (χ4v) is 1.80. The van der Waals surface area contributed by atoms with Crippen molar-refractivity contribution in [3.05, 3.63) is 28.2 Å². The molecule has 19 heavy (non-hydrogen) atoms. The molecule has 0 aliphatic carbocycles. The molecule has 1 atom stereocenters. The molecule has 0 spiro atoms. The van der Waals surface area contributed by atoms with Crippen LogP contribution in [-0.2, 0) is 19.1 Å². The van der Waals surface area contributed by atoms with Crippen LogP contribution in [0.4, 0.5) is 5.69 Å². The van der Waals surface area contributed by atoms with E-state index in [1.165, 1.54) is 26.2 Å². The van der Waals surface area contributed by atoms with Crippen molar-refractivity contribution in [2.45, 2.75) is 13.0 Å². The number of halogens is 2. The molecule has 1 amide bonds. The van der Waals surface area contributed by atoms with E-state index in [2.05, 4.69) is 10.1 Å². The molecule has 0 heterocycles. The first-order valence-electron chi connectivity index (χ1n) is 5.37. The van der Waals surface area contributed by atoms with E-state index in [-0.39, 0.29) is 6.61 Å². The van der Waals surface area contributed by atoms with Crippen molar-refractivity contribution in [3.63, 3.8) is 0 Å². The Morgan fingerprint density at radius 2 is 1.84 bits per heavy atom. The number of amides is 1. The number of hydrogen-bond acceptors (Lipinski definition) is 4. The summed E-state index contributed by atoms with van der Waals surface area (Å²) in [6, 6.07) is 4.62. The summed E-state index contributed by atoms with van der Waals surface area (Å²) in [4.78, 5) is 22.9. The number of benzene rings is 1. The smallest absolute Gasteiger partial charge is 0.332 e. The molecule has 1 N–H and O–H groups in total. The number of ether oxygens (including phenoxy) is 2. The van der Waals surface area contributed by atoms with Crippen molar-refractivity contribution >= 4 is 40.8 Å². The van der Waals surface area contributed by atoms with E-state index in [0.717, 1.165) is 0 Å². The van der Waals surface area contributed by atoms with Crippen LogP contribution in [0.3, 0.4) is 0 Å². The number of carbonyl (C=O) groups excluding carboxylic acids is 2. The summed E-state index contributed by atoms with van der Waals surface area (Å²) in [5.74, 6) is -1.10. The summed E-state index contributed by atoms with van der Waals surface area (Å²) in [5.41, 5.74) is 0.428. The van der Waals surface area contributed by atoms with E-state index >= 15 is 0 Å². The number of rotatable bonds is 5. The highest BCUT2D eigenvalue weighted by atomic mass is 35.5. The monoisotopic (exact) mass is 305 g/mol. The Labute approximate surface area is 120 Å². The van der Waals surface area contributed by atoms with Crippen LogP contribution < -0.4 is 5.32 Å². The van der Waals surface area contributed by atoms with Crippen LogP contribution in [0, 0.1) is 0 Å². The second-order valence-corrected chi connectivity index (χ2v) is 4.59. The van der Waals surface area contributed by atoms with Gasteiger partial charge in [0.1, 0.15) is 6.61 Å². The number of carbonyl (C=O) groups is 2. The first-order valence-corrected chi connectivity index (χ1v) is 6.13. The molecule has 0 unspecified atom stereocenters. The fourth-order valence-electron chi connectivity index (χ4n) is 1.27. The highest BCUT2D eigenvalue weighted by Gasteiger charge is 2.17. The first-order chi connectivity index (χ1) is 8.92. The number of anilines is 1. The molecule has 1 aromatic carbocycles. The van der Waals surface area contributed by atoms with Gasteiger partial charge in [0.25, 0.3) is 5.91 Å². The van der Waals surface area contributed by atoms with Gasteiger partial charge in [-0.25, -0.2) is 4.79 Å². The van der Waals surface area contributed by atoms with Gasteiger partial charge < -0.3 is 14.8 Å². The van der Waals surface area contributed by atoms with Gasteiger partial charge in [-0.2, -0.15) is 0 Å². The molecular formula is C12H13Cl2NO4. The van der Waals surface area contributed by atoms with Gasteiger partial charge in [-0.15, -0.1) is 0 Å². The molecule has 0 aliphatic heterocycles. The van der Waals surface area contributed by atoms with Gasteiger partial charge in [-0.05, 0) is 25.1 Å². The number of methoxy groups -OCH3 is 1. The molecule has 0 aromatic heterocycles. The van der Waals surface area contributed by atoms with E-state index < -0.39 is 18.0 Å². The second-order valence-electron chi connectivity index (χ2n) is 3.71. The largest absolute Gasteiger partial charge is 0.451 e. The third-order valence-electron chi connectivity index (χ3n) is 2.07. The van der Waals surface area contributed by atoms with Gasteiger partial charge in [0.2, 0.25) is 0 Å². The Morgan fingerprint density at radius 1 is 1.26 bits per heavy atom. The fraction of sp³-hybridized carbons (Fsp3) is 0.333. The van der Waals surface area contributed by atoms with Gasteiger partial charge in [0.15, 0.2) is 6.10 Å². The second kappa shape index (κ2) is 7.33. The molecule has 104 valence electrons. The normalized spacial score (nSPS) is 11.8. The zero-order valence-corrected chi connectivity index (χ0v) is 11.9. The van der Waals surface area contributed by atoms with Crippen molar-refractivity contribution in [2.75, 3.05) is 19.0 Å². The highest BCUT2D eigenvalue weighted by molar-refractivity contribution is 6.35. The van der Waals surface area contributed by atoms with Crippen molar-refractivity contribution < 1.29 is 19.1 Å². The Bertz CT molecular complexity index is 459. The van der Waals surface area contributed by atoms with Crippen LogP contribution in [0.2, 0.25) is 10.0 Å². The SMILES string of the molecule is COCC(=O)O[C@H](C)C(=O)Nc1cc(Cl)cc(Cl)c1. The van der Waals surface area contributed by atoms with Crippen LogP contribution >= 0.6 is 23.2 Å². The number of hydrogen-bond donors (Lipinski definition) is 1. The molecule has 5 nitrogen and oxygen atoms in total. The van der Waals surface area contributed by atoms with E-state index in [9.17, 15) is 9.59 Å². The quantitative estimate of drug-likeness (QED) is 0.849. The van der Waals surface area contributed by atoms with E-state index in [1.54, 1.807) is 6.07 Å². The molecule has 0 bridgehead atoms. The average Bonchev–Trinajstić information content (AvgIpc) is 2.27. The zero-order valence-electron chi connectivity index (χ0n) is 10.4. The maximum Gasteiger partial charge on any atom is 0.332 e. The lowest BCUT2D eigenvalue weighted by Crippen LogP contribution is -2.31. The maximum atomic E-state index is 11.8. The van der Waals surface area contributed by atoms with E-state index in [1.807, 2.05) is 0 Å². The van der Waals surface area contributed by atoms with Crippen molar-refractivity contribution in [1.29, 1.82) is 0 Å². The van der Waals surface area contributed by atoms with Gasteiger partial charge >= 0.3 is 5.97 Å². The lowest BCUT2D eigenvalue weighted by atomic mass is 10.3. The number of nitrogens with one attached hydrogen (secondary N) is 1.